The Morgan fingerprint density at radius 2 is 1.75 bits per heavy atom. The first-order valence-corrected chi connectivity index (χ1v) is 14.0. The molecule has 1 atom stereocenters. The van der Waals surface area contributed by atoms with E-state index in [1.54, 1.807) is 12.4 Å². The lowest BCUT2D eigenvalue weighted by molar-refractivity contribution is -0.0166. The highest BCUT2D eigenvalue weighted by Gasteiger charge is 2.51. The van der Waals surface area contributed by atoms with E-state index in [-0.39, 0.29) is 28.8 Å². The fraction of sp³-hybridized carbons (Fsp3) is 0.571. The fourth-order valence-electron chi connectivity index (χ4n) is 6.84. The van der Waals surface area contributed by atoms with Crippen LogP contribution in [0.3, 0.4) is 0 Å². The predicted molar refractivity (Wildman–Crippen MR) is 142 cm³/mol. The van der Waals surface area contributed by atoms with Gasteiger partial charge in [-0.2, -0.15) is 0 Å². The fourth-order valence-corrected chi connectivity index (χ4v) is 7.69. The number of nitrogens with zero attached hydrogens (tertiary/aromatic N) is 2. The third-order valence-corrected chi connectivity index (χ3v) is 9.88. The van der Waals surface area contributed by atoms with Crippen LogP contribution in [-0.2, 0) is 0 Å². The van der Waals surface area contributed by atoms with Gasteiger partial charge in [-0.3, -0.25) is 9.59 Å². The van der Waals surface area contributed by atoms with E-state index in [9.17, 15) is 9.59 Å². The monoisotopic (exact) mass is 505 g/mol. The zero-order valence-corrected chi connectivity index (χ0v) is 22.3. The molecule has 190 valence electrons. The van der Waals surface area contributed by atoms with Crippen molar-refractivity contribution in [2.24, 2.45) is 23.2 Å². The van der Waals surface area contributed by atoms with Crippen LogP contribution in [0.1, 0.15) is 86.2 Å². The molecule has 7 nitrogen and oxygen atoms in total. The maximum Gasteiger partial charge on any atom is 0.261 e. The smallest absolute Gasteiger partial charge is 0.261 e. The molecule has 3 aromatic heterocycles. The Morgan fingerprint density at radius 1 is 1.08 bits per heavy atom. The highest BCUT2D eigenvalue weighted by atomic mass is 32.1. The second-order valence-corrected chi connectivity index (χ2v) is 13.6. The highest BCUT2D eigenvalue weighted by molar-refractivity contribution is 7.17. The third kappa shape index (κ3) is 4.23. The molecule has 4 fully saturated rings. The van der Waals surface area contributed by atoms with Gasteiger partial charge in [-0.1, -0.05) is 20.8 Å². The molecular formula is C28H35N5O2S. The van der Waals surface area contributed by atoms with Crippen molar-refractivity contribution in [2.45, 2.75) is 77.8 Å². The summed E-state index contributed by atoms with van der Waals surface area (Å²) < 4.78 is 0. The molecular weight excluding hydrogens is 470 g/mol. The number of rotatable bonds is 5. The second kappa shape index (κ2) is 8.40. The summed E-state index contributed by atoms with van der Waals surface area (Å²) in [6.07, 6.45) is 10.8. The van der Waals surface area contributed by atoms with Crippen molar-refractivity contribution in [3.05, 3.63) is 35.0 Å². The highest BCUT2D eigenvalue weighted by Crippen LogP contribution is 2.55. The van der Waals surface area contributed by atoms with Crippen LogP contribution in [0.2, 0.25) is 0 Å². The van der Waals surface area contributed by atoms with Gasteiger partial charge in [-0.25, -0.2) is 9.97 Å². The molecule has 3 N–H and O–H groups in total. The van der Waals surface area contributed by atoms with E-state index in [1.165, 1.54) is 30.6 Å². The van der Waals surface area contributed by atoms with Crippen molar-refractivity contribution in [1.82, 2.24) is 25.6 Å². The van der Waals surface area contributed by atoms with Crippen LogP contribution < -0.4 is 10.6 Å². The van der Waals surface area contributed by atoms with Crippen molar-refractivity contribution in [2.75, 3.05) is 0 Å². The van der Waals surface area contributed by atoms with Crippen molar-refractivity contribution < 1.29 is 9.59 Å². The number of carbonyl (C=O) groups excluding carboxylic acids is 2. The van der Waals surface area contributed by atoms with Crippen LogP contribution in [0.15, 0.2) is 24.5 Å². The van der Waals surface area contributed by atoms with Crippen molar-refractivity contribution >= 4 is 34.3 Å². The molecule has 0 spiro atoms. The molecule has 4 aliphatic carbocycles. The van der Waals surface area contributed by atoms with Gasteiger partial charge in [0.1, 0.15) is 5.52 Å². The molecule has 36 heavy (non-hydrogen) atoms. The summed E-state index contributed by atoms with van der Waals surface area (Å²) in [5, 5.41) is 6.54. The van der Waals surface area contributed by atoms with Gasteiger partial charge in [-0.15, -0.1) is 11.3 Å². The standard InChI is InChI=1S/C28H35N5O2S/c1-15(27(2,3)4)31-25(34)19-13-29-24-23(19)32-20(14-30-24)21-5-6-22(36-21)26(35)33-28-10-16-7-17(11-28)9-18(8-16)12-28/h5-6,13-18H,7-12H2,1-4H3,(H,29,30)(H,31,34)(H,33,35)/t15-,16?,17?,18?,28?/m0/s1. The number of aromatic amines is 1. The van der Waals surface area contributed by atoms with Gasteiger partial charge in [0.05, 0.1) is 27.2 Å². The number of H-pyrrole nitrogens is 1. The third-order valence-electron chi connectivity index (χ3n) is 8.77. The van der Waals surface area contributed by atoms with Crippen LogP contribution in [0.5, 0.6) is 0 Å². The van der Waals surface area contributed by atoms with Gasteiger partial charge < -0.3 is 15.6 Å². The number of carbonyl (C=O) groups is 2. The number of hydrogen-bond acceptors (Lipinski definition) is 5. The van der Waals surface area contributed by atoms with Crippen LogP contribution in [0.4, 0.5) is 0 Å². The summed E-state index contributed by atoms with van der Waals surface area (Å²) in [5.74, 6) is 2.22. The topological polar surface area (TPSA) is 99.8 Å². The Labute approximate surface area is 215 Å². The van der Waals surface area contributed by atoms with Crippen molar-refractivity contribution in [1.29, 1.82) is 0 Å². The average Bonchev–Trinajstić information content (AvgIpc) is 3.44. The predicted octanol–water partition coefficient (Wildman–Crippen LogP) is 5.55. The van der Waals surface area contributed by atoms with Crippen LogP contribution in [0, 0.1) is 23.2 Å². The quantitative estimate of drug-likeness (QED) is 0.423. The molecule has 0 saturated heterocycles. The molecule has 7 rings (SSSR count). The molecule has 0 radical (unpaired) electrons. The summed E-state index contributed by atoms with van der Waals surface area (Å²) >= 11 is 1.44. The minimum atomic E-state index is -0.169. The first-order valence-electron chi connectivity index (χ1n) is 13.2. The Bertz CT molecular complexity index is 1300. The van der Waals surface area contributed by atoms with Gasteiger partial charge in [0.15, 0.2) is 5.65 Å². The van der Waals surface area contributed by atoms with Gasteiger partial charge in [-0.05, 0) is 80.8 Å². The molecule has 8 heteroatoms. The average molecular weight is 506 g/mol. The molecule has 3 heterocycles. The molecule has 0 unspecified atom stereocenters. The van der Waals surface area contributed by atoms with E-state index >= 15 is 0 Å². The molecule has 3 aromatic rings. The number of hydrogen-bond donors (Lipinski definition) is 3. The Balaban J connectivity index is 1.21. The Hall–Kier alpha value is -2.74. The van der Waals surface area contributed by atoms with Crippen molar-refractivity contribution in [3.63, 3.8) is 0 Å². The van der Waals surface area contributed by atoms with Gasteiger partial charge >= 0.3 is 0 Å². The summed E-state index contributed by atoms with van der Waals surface area (Å²) in [5.41, 5.74) is 2.20. The van der Waals surface area contributed by atoms with E-state index in [0.717, 1.165) is 41.9 Å². The molecule has 0 aromatic carbocycles. The summed E-state index contributed by atoms with van der Waals surface area (Å²) in [7, 11) is 0. The van der Waals surface area contributed by atoms with Crippen LogP contribution >= 0.6 is 11.3 Å². The van der Waals surface area contributed by atoms with E-state index in [0.29, 0.717) is 27.3 Å². The Kier molecular flexibility index (Phi) is 5.52. The largest absolute Gasteiger partial charge is 0.349 e. The van der Waals surface area contributed by atoms with E-state index < -0.39 is 0 Å². The zero-order chi connectivity index (χ0) is 25.2. The van der Waals surface area contributed by atoms with Crippen LogP contribution in [-0.4, -0.2) is 38.3 Å². The maximum absolute atomic E-state index is 13.3. The van der Waals surface area contributed by atoms with Gasteiger partial charge in [0.2, 0.25) is 0 Å². The SMILES string of the molecule is C[C@H](NC(=O)c1c[nH]c2ncc(-c3ccc(C(=O)NC45CC6CC(CC(C6)C4)C5)s3)nc12)C(C)(C)C. The lowest BCUT2D eigenvalue weighted by Crippen LogP contribution is -2.59. The second-order valence-electron chi connectivity index (χ2n) is 12.5. The number of thiophene rings is 1. The molecule has 4 bridgehead atoms. The van der Waals surface area contributed by atoms with Crippen LogP contribution in [0.25, 0.3) is 21.7 Å². The molecule has 2 amide bonds. The Morgan fingerprint density at radius 3 is 2.39 bits per heavy atom. The van der Waals surface area contributed by atoms with E-state index in [1.807, 2.05) is 19.1 Å². The normalized spacial score (nSPS) is 27.8. The molecule has 0 aliphatic heterocycles. The summed E-state index contributed by atoms with van der Waals surface area (Å²) in [6, 6.07) is 3.82. The number of fused-ring (bicyclic) bond motifs is 1. The summed E-state index contributed by atoms with van der Waals surface area (Å²) in [4.78, 5) is 40.2. The first-order chi connectivity index (χ1) is 17.1. The summed E-state index contributed by atoms with van der Waals surface area (Å²) in [6.45, 7) is 8.29. The molecule has 4 aliphatic rings. The minimum Gasteiger partial charge on any atom is -0.349 e. The van der Waals surface area contributed by atoms with Gasteiger partial charge in [0.25, 0.3) is 11.8 Å². The number of nitrogens with one attached hydrogen (secondary N) is 3. The lowest BCUT2D eigenvalue weighted by Gasteiger charge is -2.56. The number of amides is 2. The van der Waals surface area contributed by atoms with Crippen molar-refractivity contribution in [3.8, 4) is 10.6 Å². The molecule has 4 saturated carbocycles. The van der Waals surface area contributed by atoms with Gasteiger partial charge in [0, 0.05) is 17.8 Å². The number of aromatic nitrogens is 3. The van der Waals surface area contributed by atoms with E-state index in [4.69, 9.17) is 4.98 Å². The minimum absolute atomic E-state index is 0.00145. The van der Waals surface area contributed by atoms with E-state index in [2.05, 4.69) is 41.4 Å². The lowest BCUT2D eigenvalue weighted by atomic mass is 9.53. The zero-order valence-electron chi connectivity index (χ0n) is 21.5. The maximum atomic E-state index is 13.3. The first kappa shape index (κ1) is 23.6.